The number of nitrogens with zero attached hydrogens (tertiary/aromatic N) is 2. The van der Waals surface area contributed by atoms with E-state index in [9.17, 15) is 13.2 Å². The molecular formula is C17H28IN5O4S. The Morgan fingerprint density at radius 1 is 1.36 bits per heavy atom. The zero-order valence-electron chi connectivity index (χ0n) is 16.1. The number of sulfonamides is 1. The van der Waals surface area contributed by atoms with Crippen molar-refractivity contribution in [2.75, 3.05) is 26.7 Å². The van der Waals surface area contributed by atoms with Crippen LogP contribution in [0.25, 0.3) is 0 Å². The summed E-state index contributed by atoms with van der Waals surface area (Å²) in [5, 5.41) is 11.7. The number of ether oxygens (including phenoxy) is 1. The number of likely N-dealkylation sites (tertiary alicyclic amines) is 1. The third-order valence-electron chi connectivity index (χ3n) is 4.27. The number of piperidine rings is 1. The predicted molar refractivity (Wildman–Crippen MR) is 118 cm³/mol. The van der Waals surface area contributed by atoms with Gasteiger partial charge in [-0.2, -0.15) is 0 Å². The molecule has 1 saturated heterocycles. The maximum Gasteiger partial charge on any atom is 0.409 e. The molecule has 1 aliphatic heterocycles. The summed E-state index contributed by atoms with van der Waals surface area (Å²) < 4.78 is 27.9. The first-order chi connectivity index (χ1) is 12.8. The summed E-state index contributed by atoms with van der Waals surface area (Å²) in [4.78, 5) is 17.7. The Morgan fingerprint density at radius 2 is 2.04 bits per heavy atom. The minimum atomic E-state index is -3.72. The number of nitrogens with two attached hydrogens (primary N) is 1. The summed E-state index contributed by atoms with van der Waals surface area (Å²) in [7, 11) is -2.05. The molecule has 158 valence electrons. The minimum Gasteiger partial charge on any atom is -0.450 e. The number of amides is 1. The van der Waals surface area contributed by atoms with Gasteiger partial charge in [-0.25, -0.2) is 18.4 Å². The molecule has 1 aromatic carbocycles. The number of carbonyl (C=O) groups is 1. The minimum absolute atomic E-state index is 0. The van der Waals surface area contributed by atoms with Crippen molar-refractivity contribution in [2.24, 2.45) is 10.1 Å². The highest BCUT2D eigenvalue weighted by molar-refractivity contribution is 14.0. The molecule has 2 rings (SSSR count). The number of primary sulfonamides is 1. The molecule has 9 nitrogen and oxygen atoms in total. The van der Waals surface area contributed by atoms with Gasteiger partial charge < -0.3 is 20.3 Å². The van der Waals surface area contributed by atoms with E-state index in [0.29, 0.717) is 32.2 Å². The van der Waals surface area contributed by atoms with Crippen molar-refractivity contribution in [3.05, 3.63) is 29.8 Å². The number of guanidine groups is 1. The lowest BCUT2D eigenvalue weighted by Crippen LogP contribution is -2.49. The fourth-order valence-corrected chi connectivity index (χ4v) is 3.41. The highest BCUT2D eigenvalue weighted by Crippen LogP contribution is 2.12. The average molecular weight is 525 g/mol. The molecule has 11 heteroatoms. The van der Waals surface area contributed by atoms with Gasteiger partial charge in [0.05, 0.1) is 11.5 Å². The summed E-state index contributed by atoms with van der Waals surface area (Å²) in [5.74, 6) is 0.616. The molecule has 0 atom stereocenters. The lowest BCUT2D eigenvalue weighted by molar-refractivity contribution is 0.0963. The summed E-state index contributed by atoms with van der Waals surface area (Å²) in [5.41, 5.74) is 0.779. The van der Waals surface area contributed by atoms with E-state index in [-0.39, 0.29) is 41.0 Å². The molecule has 1 heterocycles. The van der Waals surface area contributed by atoms with Crippen molar-refractivity contribution in [3.63, 3.8) is 0 Å². The van der Waals surface area contributed by atoms with Gasteiger partial charge in [0.15, 0.2) is 5.96 Å². The SMILES string of the molecule is CCOC(=O)N1CCC(NC(=NC)NCc2cccc(S(N)(=O)=O)c2)CC1.I. The number of hydrogen-bond acceptors (Lipinski definition) is 5. The van der Waals surface area contributed by atoms with Crippen molar-refractivity contribution < 1.29 is 17.9 Å². The highest BCUT2D eigenvalue weighted by atomic mass is 127. The first-order valence-electron chi connectivity index (χ1n) is 8.84. The van der Waals surface area contributed by atoms with Crippen LogP contribution in [0, 0.1) is 0 Å². The van der Waals surface area contributed by atoms with Gasteiger partial charge >= 0.3 is 6.09 Å². The summed E-state index contributed by atoms with van der Waals surface area (Å²) >= 11 is 0. The number of nitrogens with one attached hydrogen (secondary N) is 2. The fraction of sp³-hybridized carbons (Fsp3) is 0.529. The summed E-state index contributed by atoms with van der Waals surface area (Å²) in [6.07, 6.45) is 1.31. The smallest absolute Gasteiger partial charge is 0.409 e. The maximum absolute atomic E-state index is 11.7. The summed E-state index contributed by atoms with van der Waals surface area (Å²) in [6, 6.07) is 6.65. The molecule has 1 fully saturated rings. The van der Waals surface area contributed by atoms with E-state index in [2.05, 4.69) is 15.6 Å². The van der Waals surface area contributed by atoms with Crippen molar-refractivity contribution in [1.29, 1.82) is 0 Å². The largest absolute Gasteiger partial charge is 0.450 e. The number of benzene rings is 1. The topological polar surface area (TPSA) is 126 Å². The van der Waals surface area contributed by atoms with Gasteiger partial charge in [-0.3, -0.25) is 4.99 Å². The van der Waals surface area contributed by atoms with Gasteiger partial charge in [0.25, 0.3) is 0 Å². The third-order valence-corrected chi connectivity index (χ3v) is 5.18. The van der Waals surface area contributed by atoms with Crippen LogP contribution in [-0.2, 0) is 21.3 Å². The predicted octanol–water partition coefficient (Wildman–Crippen LogP) is 1.24. The number of aliphatic imine (C=N–C) groups is 1. The van der Waals surface area contributed by atoms with Crippen LogP contribution >= 0.6 is 24.0 Å². The monoisotopic (exact) mass is 525 g/mol. The lowest BCUT2D eigenvalue weighted by atomic mass is 10.1. The van der Waals surface area contributed by atoms with Crippen LogP contribution in [0.5, 0.6) is 0 Å². The second-order valence-corrected chi connectivity index (χ2v) is 7.78. The first-order valence-corrected chi connectivity index (χ1v) is 10.4. The van der Waals surface area contributed by atoms with Gasteiger partial charge in [-0.15, -0.1) is 24.0 Å². The van der Waals surface area contributed by atoms with Gasteiger partial charge in [0.2, 0.25) is 10.0 Å². The normalized spacial score (nSPS) is 15.5. The second-order valence-electron chi connectivity index (χ2n) is 6.22. The van der Waals surface area contributed by atoms with Crippen LogP contribution in [0.4, 0.5) is 4.79 Å². The number of rotatable bonds is 5. The molecule has 0 unspecified atom stereocenters. The van der Waals surface area contributed by atoms with Crippen LogP contribution in [0.2, 0.25) is 0 Å². The van der Waals surface area contributed by atoms with Gasteiger partial charge in [0.1, 0.15) is 0 Å². The van der Waals surface area contributed by atoms with E-state index in [1.807, 2.05) is 6.07 Å². The van der Waals surface area contributed by atoms with Crippen molar-refractivity contribution in [3.8, 4) is 0 Å². The quantitative estimate of drug-likeness (QED) is 0.302. The Morgan fingerprint density at radius 3 is 2.61 bits per heavy atom. The van der Waals surface area contributed by atoms with E-state index in [1.54, 1.807) is 24.9 Å². The van der Waals surface area contributed by atoms with Crippen LogP contribution in [0.15, 0.2) is 34.2 Å². The third kappa shape index (κ3) is 7.43. The van der Waals surface area contributed by atoms with Crippen molar-refractivity contribution in [2.45, 2.75) is 37.2 Å². The Hall–Kier alpha value is -1.60. The van der Waals surface area contributed by atoms with Crippen LogP contribution in [0.1, 0.15) is 25.3 Å². The Balaban J connectivity index is 0.00000392. The van der Waals surface area contributed by atoms with E-state index < -0.39 is 10.0 Å². The molecule has 0 aromatic heterocycles. The maximum atomic E-state index is 11.7. The highest BCUT2D eigenvalue weighted by Gasteiger charge is 2.24. The molecule has 0 radical (unpaired) electrons. The van der Waals surface area contributed by atoms with E-state index in [0.717, 1.165) is 18.4 Å². The molecule has 0 spiro atoms. The van der Waals surface area contributed by atoms with Crippen LogP contribution in [-0.4, -0.2) is 58.2 Å². The lowest BCUT2D eigenvalue weighted by Gasteiger charge is -2.32. The molecule has 0 saturated carbocycles. The first kappa shape index (κ1) is 24.4. The summed E-state index contributed by atoms with van der Waals surface area (Å²) in [6.45, 7) is 3.83. The van der Waals surface area contributed by atoms with Crippen LogP contribution in [0.3, 0.4) is 0 Å². The van der Waals surface area contributed by atoms with E-state index in [4.69, 9.17) is 9.88 Å². The molecular weight excluding hydrogens is 497 g/mol. The second kappa shape index (κ2) is 11.4. The van der Waals surface area contributed by atoms with Gasteiger partial charge in [-0.05, 0) is 37.5 Å². The average Bonchev–Trinajstić information content (AvgIpc) is 2.65. The Kier molecular flexibility index (Phi) is 9.96. The molecule has 1 amide bonds. The Labute approximate surface area is 183 Å². The van der Waals surface area contributed by atoms with Crippen LogP contribution < -0.4 is 15.8 Å². The van der Waals surface area contributed by atoms with Crippen molar-refractivity contribution in [1.82, 2.24) is 15.5 Å². The Bertz CT molecular complexity index is 780. The molecule has 0 aliphatic carbocycles. The van der Waals surface area contributed by atoms with Crippen molar-refractivity contribution >= 4 is 46.1 Å². The zero-order chi connectivity index (χ0) is 19.9. The molecule has 1 aromatic rings. The van der Waals surface area contributed by atoms with E-state index >= 15 is 0 Å². The zero-order valence-corrected chi connectivity index (χ0v) is 19.2. The molecule has 1 aliphatic rings. The number of hydrogen-bond donors (Lipinski definition) is 3. The number of carbonyl (C=O) groups excluding carboxylic acids is 1. The molecule has 0 bridgehead atoms. The fourth-order valence-electron chi connectivity index (χ4n) is 2.83. The molecule has 4 N–H and O–H groups in total. The standard InChI is InChI=1S/C17H27N5O4S.HI/c1-3-26-17(23)22-9-7-14(8-10-22)21-16(19-2)20-12-13-5-4-6-15(11-13)27(18,24)25;/h4-6,11,14H,3,7-10,12H2,1-2H3,(H2,18,24,25)(H2,19,20,21);1H. The molecule has 28 heavy (non-hydrogen) atoms. The van der Waals surface area contributed by atoms with Gasteiger partial charge in [-0.1, -0.05) is 12.1 Å². The van der Waals surface area contributed by atoms with E-state index in [1.165, 1.54) is 12.1 Å². The van der Waals surface area contributed by atoms with Gasteiger partial charge in [0, 0.05) is 32.7 Å². The number of halogens is 1.